The summed E-state index contributed by atoms with van der Waals surface area (Å²) in [6.07, 6.45) is 6.19. The molecule has 1 saturated heterocycles. The van der Waals surface area contributed by atoms with E-state index < -0.39 is 5.97 Å². The van der Waals surface area contributed by atoms with Crippen molar-refractivity contribution in [2.24, 2.45) is 17.8 Å². The molecule has 1 N–H and O–H groups in total. The predicted octanol–water partition coefficient (Wildman–Crippen LogP) is 1.83. The number of carbonyl (C=O) groups is 1. The zero-order valence-corrected chi connectivity index (χ0v) is 9.48. The van der Waals surface area contributed by atoms with Crippen molar-refractivity contribution in [2.45, 2.75) is 32.1 Å². The van der Waals surface area contributed by atoms with Crippen molar-refractivity contribution in [3.05, 3.63) is 0 Å². The highest BCUT2D eigenvalue weighted by molar-refractivity contribution is 5.70. The van der Waals surface area contributed by atoms with Crippen molar-refractivity contribution in [3.63, 3.8) is 0 Å². The number of piperidine rings is 1. The number of carboxylic acids is 1. The van der Waals surface area contributed by atoms with Crippen LogP contribution in [0.4, 0.5) is 0 Å². The molecular weight excluding hydrogens is 190 g/mol. The lowest BCUT2D eigenvalue weighted by atomic mass is 9.75. The first kappa shape index (κ1) is 10.9. The number of fused-ring (bicyclic) bond motifs is 1. The number of aliphatic carboxylic acids is 1. The number of nitrogens with zero attached hydrogens (tertiary/aromatic N) is 1. The van der Waals surface area contributed by atoms with Gasteiger partial charge in [-0.15, -0.1) is 0 Å². The summed E-state index contributed by atoms with van der Waals surface area (Å²) < 4.78 is 0. The molecule has 2 fully saturated rings. The third-order valence-electron chi connectivity index (χ3n) is 4.11. The lowest BCUT2D eigenvalue weighted by Gasteiger charge is -2.40. The van der Waals surface area contributed by atoms with Crippen molar-refractivity contribution in [3.8, 4) is 0 Å². The molecule has 3 nitrogen and oxygen atoms in total. The van der Waals surface area contributed by atoms with Crippen LogP contribution >= 0.6 is 0 Å². The summed E-state index contributed by atoms with van der Waals surface area (Å²) in [5, 5.41) is 9.26. The minimum absolute atomic E-state index is 0.119. The fourth-order valence-electron chi connectivity index (χ4n) is 3.38. The Kier molecular flexibility index (Phi) is 3.29. The van der Waals surface area contributed by atoms with Gasteiger partial charge in [0.05, 0.1) is 5.92 Å². The van der Waals surface area contributed by atoms with Crippen LogP contribution in [-0.2, 0) is 4.79 Å². The molecule has 1 aliphatic carbocycles. The van der Waals surface area contributed by atoms with E-state index in [0.29, 0.717) is 11.8 Å². The molecule has 1 saturated carbocycles. The molecule has 0 aromatic carbocycles. The van der Waals surface area contributed by atoms with Crippen LogP contribution in [0, 0.1) is 17.8 Å². The van der Waals surface area contributed by atoms with E-state index in [2.05, 4.69) is 11.9 Å². The van der Waals surface area contributed by atoms with Crippen LogP contribution in [-0.4, -0.2) is 36.1 Å². The van der Waals surface area contributed by atoms with E-state index in [1.165, 1.54) is 25.7 Å². The summed E-state index contributed by atoms with van der Waals surface area (Å²) in [4.78, 5) is 13.4. The van der Waals surface area contributed by atoms with E-state index >= 15 is 0 Å². The van der Waals surface area contributed by atoms with Crippen LogP contribution in [0.5, 0.6) is 0 Å². The molecule has 2 aliphatic rings. The molecule has 0 radical (unpaired) electrons. The maximum atomic E-state index is 11.2. The molecule has 0 amide bonds. The SMILES string of the molecule is CN1CC2CCCCCC2C(C(=O)O)C1. The molecule has 0 bridgehead atoms. The van der Waals surface area contributed by atoms with Gasteiger partial charge < -0.3 is 10.0 Å². The van der Waals surface area contributed by atoms with Crippen LogP contribution in [0.15, 0.2) is 0 Å². The number of hydrogen-bond acceptors (Lipinski definition) is 2. The highest BCUT2D eigenvalue weighted by Gasteiger charge is 2.39. The molecule has 3 heteroatoms. The second-order valence-electron chi connectivity index (χ2n) is 5.23. The number of carboxylic acid groups (broad SMARTS) is 1. The molecule has 1 aliphatic heterocycles. The maximum Gasteiger partial charge on any atom is 0.308 e. The lowest BCUT2D eigenvalue weighted by Crippen LogP contribution is -2.47. The largest absolute Gasteiger partial charge is 0.481 e. The van der Waals surface area contributed by atoms with Crippen molar-refractivity contribution in [1.82, 2.24) is 4.90 Å². The van der Waals surface area contributed by atoms with Crippen molar-refractivity contribution < 1.29 is 9.90 Å². The molecule has 3 unspecified atom stereocenters. The molecular formula is C12H21NO2. The zero-order chi connectivity index (χ0) is 10.8. The normalized spacial score (nSPS) is 38.1. The van der Waals surface area contributed by atoms with Crippen LogP contribution in [0.25, 0.3) is 0 Å². The fourth-order valence-corrected chi connectivity index (χ4v) is 3.38. The summed E-state index contributed by atoms with van der Waals surface area (Å²) >= 11 is 0. The van der Waals surface area contributed by atoms with E-state index in [9.17, 15) is 9.90 Å². The Morgan fingerprint density at radius 3 is 2.67 bits per heavy atom. The molecule has 86 valence electrons. The average molecular weight is 211 g/mol. The second kappa shape index (κ2) is 4.52. The monoisotopic (exact) mass is 211 g/mol. The highest BCUT2D eigenvalue weighted by Crippen LogP contribution is 2.37. The predicted molar refractivity (Wildman–Crippen MR) is 58.7 cm³/mol. The van der Waals surface area contributed by atoms with Gasteiger partial charge in [0.25, 0.3) is 0 Å². The van der Waals surface area contributed by atoms with E-state index in [4.69, 9.17) is 0 Å². The van der Waals surface area contributed by atoms with Crippen molar-refractivity contribution in [1.29, 1.82) is 0 Å². The van der Waals surface area contributed by atoms with Gasteiger partial charge in [-0.3, -0.25) is 4.79 Å². The molecule has 0 aromatic rings. The topological polar surface area (TPSA) is 40.5 Å². The van der Waals surface area contributed by atoms with Gasteiger partial charge in [-0.2, -0.15) is 0 Å². The maximum absolute atomic E-state index is 11.2. The van der Waals surface area contributed by atoms with Gasteiger partial charge in [0.1, 0.15) is 0 Å². The zero-order valence-electron chi connectivity index (χ0n) is 9.48. The van der Waals surface area contributed by atoms with Gasteiger partial charge in [0.15, 0.2) is 0 Å². The average Bonchev–Trinajstić information content (AvgIpc) is 2.41. The third-order valence-corrected chi connectivity index (χ3v) is 4.11. The molecule has 2 rings (SSSR count). The Bertz CT molecular complexity index is 242. The third kappa shape index (κ3) is 2.33. The lowest BCUT2D eigenvalue weighted by molar-refractivity contribution is -0.147. The smallest absolute Gasteiger partial charge is 0.308 e. The Hall–Kier alpha value is -0.570. The van der Waals surface area contributed by atoms with Gasteiger partial charge in [-0.25, -0.2) is 0 Å². The highest BCUT2D eigenvalue weighted by atomic mass is 16.4. The molecule has 1 heterocycles. The van der Waals surface area contributed by atoms with Gasteiger partial charge in [0.2, 0.25) is 0 Å². The van der Waals surface area contributed by atoms with Gasteiger partial charge in [-0.1, -0.05) is 19.3 Å². The molecule has 15 heavy (non-hydrogen) atoms. The first-order chi connectivity index (χ1) is 7.18. The Balaban J connectivity index is 2.12. The van der Waals surface area contributed by atoms with E-state index in [1.807, 2.05) is 0 Å². The van der Waals surface area contributed by atoms with Gasteiger partial charge >= 0.3 is 5.97 Å². The molecule has 0 spiro atoms. The standard InChI is InChI=1S/C12H21NO2/c1-13-7-9-5-3-2-4-6-10(9)11(8-13)12(14)15/h9-11H,2-8H2,1H3,(H,14,15). The number of likely N-dealkylation sites (tertiary alicyclic amines) is 1. The van der Waals surface area contributed by atoms with Crippen molar-refractivity contribution in [2.75, 3.05) is 20.1 Å². The summed E-state index contributed by atoms with van der Waals surface area (Å²) in [6.45, 7) is 1.85. The quantitative estimate of drug-likeness (QED) is 0.719. The summed E-state index contributed by atoms with van der Waals surface area (Å²) in [5.74, 6) is 0.374. The minimum atomic E-state index is -0.585. The second-order valence-corrected chi connectivity index (χ2v) is 5.23. The summed E-state index contributed by atoms with van der Waals surface area (Å²) in [5.41, 5.74) is 0. The Labute approximate surface area is 91.5 Å². The first-order valence-electron chi connectivity index (χ1n) is 6.10. The van der Waals surface area contributed by atoms with E-state index in [1.54, 1.807) is 0 Å². The van der Waals surface area contributed by atoms with Gasteiger partial charge in [-0.05, 0) is 31.7 Å². The Morgan fingerprint density at radius 1 is 1.20 bits per heavy atom. The molecule has 3 atom stereocenters. The van der Waals surface area contributed by atoms with E-state index in [0.717, 1.165) is 19.5 Å². The van der Waals surface area contributed by atoms with Crippen LogP contribution in [0.2, 0.25) is 0 Å². The van der Waals surface area contributed by atoms with Crippen LogP contribution in [0.1, 0.15) is 32.1 Å². The van der Waals surface area contributed by atoms with Crippen molar-refractivity contribution >= 4 is 5.97 Å². The molecule has 0 aromatic heterocycles. The van der Waals surface area contributed by atoms with Crippen LogP contribution < -0.4 is 0 Å². The Morgan fingerprint density at radius 2 is 1.93 bits per heavy atom. The van der Waals surface area contributed by atoms with Gasteiger partial charge in [0, 0.05) is 13.1 Å². The van der Waals surface area contributed by atoms with Crippen LogP contribution in [0.3, 0.4) is 0 Å². The number of rotatable bonds is 1. The van der Waals surface area contributed by atoms with E-state index in [-0.39, 0.29) is 5.92 Å². The minimum Gasteiger partial charge on any atom is -0.481 e. The fraction of sp³-hybridized carbons (Fsp3) is 0.917. The number of hydrogen-bond donors (Lipinski definition) is 1. The summed E-state index contributed by atoms with van der Waals surface area (Å²) in [6, 6.07) is 0. The summed E-state index contributed by atoms with van der Waals surface area (Å²) in [7, 11) is 2.05. The first-order valence-corrected chi connectivity index (χ1v) is 6.10.